The van der Waals surface area contributed by atoms with Crippen molar-refractivity contribution in [2.75, 3.05) is 31.1 Å². The zero-order valence-corrected chi connectivity index (χ0v) is 18.7. The average molecular weight is 403 g/mol. The van der Waals surface area contributed by atoms with Gasteiger partial charge in [0.15, 0.2) is 5.71 Å². The van der Waals surface area contributed by atoms with E-state index in [0.29, 0.717) is 0 Å². The Kier molecular flexibility index (Phi) is 8.82. The van der Waals surface area contributed by atoms with Crippen LogP contribution in [-0.2, 0) is 0 Å². The lowest BCUT2D eigenvalue weighted by molar-refractivity contribution is -0.519. The summed E-state index contributed by atoms with van der Waals surface area (Å²) in [6, 6.07) is 17.6. The Balaban J connectivity index is 0.00000320. The van der Waals surface area contributed by atoms with Gasteiger partial charge in [-0.05, 0) is 80.3 Å². The van der Waals surface area contributed by atoms with Crippen LogP contribution in [-0.4, -0.2) is 41.9 Å². The summed E-state index contributed by atoms with van der Waals surface area (Å²) in [7, 11) is 0. The van der Waals surface area contributed by atoms with Gasteiger partial charge in [-0.1, -0.05) is 36.4 Å². The summed E-state index contributed by atoms with van der Waals surface area (Å²) in [4.78, 5) is 2.37. The number of hydrogen-bond donors (Lipinski definition) is 0. The summed E-state index contributed by atoms with van der Waals surface area (Å²) in [5.74, 6) is 0. The molecule has 1 aliphatic carbocycles. The van der Waals surface area contributed by atoms with Crippen LogP contribution in [0.4, 0.5) is 5.69 Å². The van der Waals surface area contributed by atoms with Crippen LogP contribution in [0.15, 0.2) is 78.4 Å². The van der Waals surface area contributed by atoms with Gasteiger partial charge in [-0.3, -0.25) is 0 Å². The molecule has 0 aromatic heterocycles. The van der Waals surface area contributed by atoms with Crippen molar-refractivity contribution in [3.63, 3.8) is 0 Å². The molecule has 158 valence electrons. The summed E-state index contributed by atoms with van der Waals surface area (Å²) < 4.78 is 2.37. The van der Waals surface area contributed by atoms with Crippen molar-refractivity contribution in [2.45, 2.75) is 27.7 Å². The second-order valence-electron chi connectivity index (χ2n) is 7.21. The topological polar surface area (TPSA) is 36.2 Å². The molecule has 0 unspecified atom stereocenters. The number of anilines is 1. The zero-order chi connectivity index (χ0) is 20.6. The highest BCUT2D eigenvalue weighted by Gasteiger charge is 2.10. The second-order valence-corrected chi connectivity index (χ2v) is 7.21. The smallest absolute Gasteiger partial charge is 0.199 e. The van der Waals surface area contributed by atoms with Crippen molar-refractivity contribution in [1.82, 2.24) is 0 Å². The molecule has 0 amide bonds. The number of hydrogen-bond acceptors (Lipinski definition) is 2. The lowest BCUT2D eigenvalue weighted by atomic mass is 9.96. The Hall–Kier alpha value is -2.91. The Morgan fingerprint density at radius 3 is 1.93 bits per heavy atom. The highest BCUT2D eigenvalue weighted by atomic mass is 16.0. The maximum absolute atomic E-state index is 2.37. The van der Waals surface area contributed by atoms with E-state index in [1.54, 1.807) is 0 Å². The van der Waals surface area contributed by atoms with Crippen LogP contribution in [0, 0.1) is 0 Å². The third kappa shape index (κ3) is 5.37. The molecule has 3 heteroatoms. The van der Waals surface area contributed by atoms with Crippen molar-refractivity contribution in [2.24, 2.45) is 0 Å². The molecular formula is C27H34N2O. The Labute approximate surface area is 181 Å². The lowest BCUT2D eigenvalue weighted by Crippen LogP contribution is -2.21. The first-order chi connectivity index (χ1) is 14.2. The van der Waals surface area contributed by atoms with Crippen molar-refractivity contribution < 1.29 is 10.1 Å². The molecule has 0 fully saturated rings. The first-order valence-electron chi connectivity index (χ1n) is 10.8. The molecule has 0 heterocycles. The summed E-state index contributed by atoms with van der Waals surface area (Å²) in [5, 5.41) is 0. The summed E-state index contributed by atoms with van der Waals surface area (Å²) in [5.41, 5.74) is 7.57. The highest BCUT2D eigenvalue weighted by Crippen LogP contribution is 2.28. The van der Waals surface area contributed by atoms with Gasteiger partial charge >= 0.3 is 0 Å². The Morgan fingerprint density at radius 2 is 1.37 bits per heavy atom. The molecule has 0 spiro atoms. The predicted octanol–water partition coefficient (Wildman–Crippen LogP) is 6.03. The van der Waals surface area contributed by atoms with E-state index in [4.69, 9.17) is 0 Å². The molecular weight excluding hydrogens is 368 g/mol. The molecule has 3 nitrogen and oxygen atoms in total. The minimum Gasteiger partial charge on any atom is -0.870 e. The van der Waals surface area contributed by atoms with Crippen LogP contribution in [0.25, 0.3) is 17.2 Å². The van der Waals surface area contributed by atoms with Gasteiger partial charge in [-0.15, -0.1) is 0 Å². The van der Waals surface area contributed by atoms with Crippen molar-refractivity contribution in [3.8, 4) is 11.1 Å². The van der Waals surface area contributed by atoms with E-state index in [9.17, 15) is 0 Å². The van der Waals surface area contributed by atoms with Gasteiger partial charge in [0.05, 0.1) is 0 Å². The van der Waals surface area contributed by atoms with Gasteiger partial charge in [0, 0.05) is 30.9 Å². The fraction of sp³-hybridized carbons (Fsp3) is 0.296. The maximum Gasteiger partial charge on any atom is 0.199 e. The standard InChI is InChI=1S/C27H33N2.H2O/c1-5-28(6-2)25-17-13-22(14-18-25)21-24-11-9-10-12-27(24)23-15-19-26(20-16-23)29(7-3)8-4;/h9-21H,5-8H2,1-4H3;1H2/q+1;/p-1. The minimum atomic E-state index is 0. The number of allylic oxidation sites excluding steroid dienone is 5. The third-order valence-electron chi connectivity index (χ3n) is 5.61. The van der Waals surface area contributed by atoms with E-state index in [1.807, 2.05) is 0 Å². The number of rotatable bonds is 7. The molecule has 0 atom stereocenters. The molecule has 0 radical (unpaired) electrons. The molecule has 0 aliphatic heterocycles. The molecule has 0 saturated heterocycles. The average Bonchev–Trinajstić information content (AvgIpc) is 2.77. The molecule has 0 saturated carbocycles. The summed E-state index contributed by atoms with van der Waals surface area (Å²) in [6.07, 6.45) is 11.2. The molecule has 2 aromatic rings. The first kappa shape index (κ1) is 23.4. The van der Waals surface area contributed by atoms with Gasteiger partial charge < -0.3 is 10.4 Å². The van der Waals surface area contributed by atoms with E-state index in [0.717, 1.165) is 26.2 Å². The van der Waals surface area contributed by atoms with Crippen molar-refractivity contribution in [3.05, 3.63) is 84.0 Å². The van der Waals surface area contributed by atoms with Gasteiger partial charge in [0.1, 0.15) is 13.1 Å². The maximum atomic E-state index is 2.37. The van der Waals surface area contributed by atoms with Gasteiger partial charge in [-0.2, -0.15) is 0 Å². The normalized spacial score (nSPS) is 12.5. The van der Waals surface area contributed by atoms with E-state index < -0.39 is 0 Å². The molecule has 1 aliphatic rings. The van der Waals surface area contributed by atoms with Gasteiger partial charge in [0.2, 0.25) is 0 Å². The Bertz CT molecular complexity index is 921. The Morgan fingerprint density at radius 1 is 0.767 bits per heavy atom. The fourth-order valence-electron chi connectivity index (χ4n) is 3.88. The monoisotopic (exact) mass is 402 g/mol. The third-order valence-corrected chi connectivity index (χ3v) is 5.61. The highest BCUT2D eigenvalue weighted by molar-refractivity contribution is 6.03. The van der Waals surface area contributed by atoms with Crippen LogP contribution in [0.1, 0.15) is 33.3 Å². The van der Waals surface area contributed by atoms with Gasteiger partial charge in [-0.25, -0.2) is 4.58 Å². The predicted molar refractivity (Wildman–Crippen MR) is 130 cm³/mol. The first-order valence-corrected chi connectivity index (χ1v) is 10.8. The van der Waals surface area contributed by atoms with Crippen molar-refractivity contribution in [1.29, 1.82) is 0 Å². The zero-order valence-electron chi connectivity index (χ0n) is 18.7. The van der Waals surface area contributed by atoms with Gasteiger partial charge in [0.25, 0.3) is 0 Å². The van der Waals surface area contributed by atoms with E-state index in [-0.39, 0.29) is 5.48 Å². The van der Waals surface area contributed by atoms with Crippen LogP contribution >= 0.6 is 0 Å². The lowest BCUT2D eigenvalue weighted by Gasteiger charge is -2.21. The van der Waals surface area contributed by atoms with Crippen LogP contribution in [0.2, 0.25) is 0 Å². The second kappa shape index (κ2) is 11.3. The molecule has 2 aromatic carbocycles. The SMILES string of the molecule is CCN(CC)c1ccc(-c2ccccc2C=C2C=CC(=[N+](CC)CC)C=C2)cc1.[OH-]. The summed E-state index contributed by atoms with van der Waals surface area (Å²) >= 11 is 0. The fourth-order valence-corrected chi connectivity index (χ4v) is 3.88. The van der Waals surface area contributed by atoms with Crippen LogP contribution in [0.5, 0.6) is 0 Å². The van der Waals surface area contributed by atoms with Crippen molar-refractivity contribution >= 4 is 17.5 Å². The number of benzene rings is 2. The molecule has 1 N–H and O–H groups in total. The molecule has 30 heavy (non-hydrogen) atoms. The largest absolute Gasteiger partial charge is 0.870 e. The molecule has 0 bridgehead atoms. The van der Waals surface area contributed by atoms with Crippen LogP contribution in [0.3, 0.4) is 0 Å². The van der Waals surface area contributed by atoms with E-state index in [2.05, 4.69) is 116 Å². The van der Waals surface area contributed by atoms with E-state index in [1.165, 1.54) is 33.7 Å². The molecule has 3 rings (SSSR count). The quantitative estimate of drug-likeness (QED) is 0.531. The minimum absolute atomic E-state index is 0. The summed E-state index contributed by atoms with van der Waals surface area (Å²) in [6.45, 7) is 12.9. The number of nitrogens with zero attached hydrogens (tertiary/aromatic N) is 2. The van der Waals surface area contributed by atoms with E-state index >= 15 is 0 Å². The van der Waals surface area contributed by atoms with Crippen LogP contribution < -0.4 is 4.90 Å².